The molecule has 1 amide bonds. The molecule has 2 rings (SSSR count). The van der Waals surface area contributed by atoms with Crippen molar-refractivity contribution in [3.8, 4) is 0 Å². The summed E-state index contributed by atoms with van der Waals surface area (Å²) >= 11 is 6.17. The first-order valence-electron chi connectivity index (χ1n) is 7.19. The summed E-state index contributed by atoms with van der Waals surface area (Å²) in [4.78, 5) is 18.6. The maximum atomic E-state index is 12.5. The Balaban J connectivity index is 2.09. The number of rotatable bonds is 2. The summed E-state index contributed by atoms with van der Waals surface area (Å²) < 4.78 is 0. The highest BCUT2D eigenvalue weighted by Crippen LogP contribution is 2.37. The van der Waals surface area contributed by atoms with Crippen molar-refractivity contribution in [1.82, 2.24) is 9.88 Å². The van der Waals surface area contributed by atoms with Gasteiger partial charge < -0.3 is 4.90 Å². The molecule has 0 saturated heterocycles. The number of amides is 1. The van der Waals surface area contributed by atoms with E-state index >= 15 is 0 Å². The SMILES string of the molecule is Cc1cc(Cl)c(C(=O)N(C)C2CCC(C)(C)CC2)cn1. The first-order valence-corrected chi connectivity index (χ1v) is 7.57. The number of carbonyl (C=O) groups is 1. The third kappa shape index (κ3) is 3.32. The molecule has 1 aliphatic carbocycles. The summed E-state index contributed by atoms with van der Waals surface area (Å²) in [5, 5.41) is 0.491. The van der Waals surface area contributed by atoms with Crippen LogP contribution in [0.5, 0.6) is 0 Å². The molecule has 0 N–H and O–H groups in total. The molecule has 110 valence electrons. The van der Waals surface area contributed by atoms with Gasteiger partial charge in [-0.25, -0.2) is 0 Å². The molecule has 0 aromatic carbocycles. The zero-order valence-electron chi connectivity index (χ0n) is 12.7. The van der Waals surface area contributed by atoms with E-state index in [9.17, 15) is 4.79 Å². The zero-order valence-corrected chi connectivity index (χ0v) is 13.5. The lowest BCUT2D eigenvalue weighted by atomic mass is 9.75. The van der Waals surface area contributed by atoms with Gasteiger partial charge in [-0.05, 0) is 44.1 Å². The van der Waals surface area contributed by atoms with E-state index < -0.39 is 0 Å². The van der Waals surface area contributed by atoms with Crippen molar-refractivity contribution in [2.75, 3.05) is 7.05 Å². The average Bonchev–Trinajstić information content (AvgIpc) is 2.37. The van der Waals surface area contributed by atoms with E-state index in [1.165, 1.54) is 0 Å². The van der Waals surface area contributed by atoms with Gasteiger partial charge in [0.15, 0.2) is 0 Å². The van der Waals surface area contributed by atoms with Crippen LogP contribution in [0.4, 0.5) is 0 Å². The molecular weight excluding hydrogens is 272 g/mol. The minimum Gasteiger partial charge on any atom is -0.339 e. The number of nitrogens with zero attached hydrogens (tertiary/aromatic N) is 2. The Labute approximate surface area is 126 Å². The fraction of sp³-hybridized carbons (Fsp3) is 0.625. The third-order valence-electron chi connectivity index (χ3n) is 4.40. The van der Waals surface area contributed by atoms with Crippen molar-refractivity contribution in [1.29, 1.82) is 0 Å². The van der Waals surface area contributed by atoms with Gasteiger partial charge >= 0.3 is 0 Å². The van der Waals surface area contributed by atoms with Crippen LogP contribution in [0.15, 0.2) is 12.3 Å². The van der Waals surface area contributed by atoms with Gasteiger partial charge in [-0.15, -0.1) is 0 Å². The van der Waals surface area contributed by atoms with Crippen LogP contribution >= 0.6 is 11.6 Å². The van der Waals surface area contributed by atoms with E-state index in [0.29, 0.717) is 22.0 Å². The quantitative estimate of drug-likeness (QED) is 0.823. The van der Waals surface area contributed by atoms with Crippen LogP contribution in [0.25, 0.3) is 0 Å². The van der Waals surface area contributed by atoms with E-state index in [1.54, 1.807) is 12.3 Å². The molecule has 4 heteroatoms. The smallest absolute Gasteiger partial charge is 0.256 e. The maximum Gasteiger partial charge on any atom is 0.256 e. The van der Waals surface area contributed by atoms with Crippen LogP contribution in [-0.4, -0.2) is 28.9 Å². The topological polar surface area (TPSA) is 33.2 Å². The molecular formula is C16H23ClN2O. The summed E-state index contributed by atoms with van der Waals surface area (Å²) in [7, 11) is 1.88. The fourth-order valence-electron chi connectivity index (χ4n) is 2.81. The molecule has 1 aromatic rings. The Bertz CT molecular complexity index is 503. The summed E-state index contributed by atoms with van der Waals surface area (Å²) in [5.74, 6) is -0.0211. The highest BCUT2D eigenvalue weighted by atomic mass is 35.5. The predicted molar refractivity (Wildman–Crippen MR) is 82.1 cm³/mol. The largest absolute Gasteiger partial charge is 0.339 e. The normalized spacial score (nSPS) is 18.9. The lowest BCUT2D eigenvalue weighted by Crippen LogP contribution is -2.41. The second-order valence-corrected chi connectivity index (χ2v) is 7.02. The van der Waals surface area contributed by atoms with Crippen molar-refractivity contribution in [3.63, 3.8) is 0 Å². The first-order chi connectivity index (χ1) is 9.30. The number of aromatic nitrogens is 1. The molecule has 1 aromatic heterocycles. The molecule has 1 saturated carbocycles. The molecule has 1 fully saturated rings. The molecule has 1 heterocycles. The van der Waals surface area contributed by atoms with Crippen LogP contribution in [0.1, 0.15) is 55.6 Å². The van der Waals surface area contributed by atoms with Gasteiger partial charge in [-0.1, -0.05) is 25.4 Å². The number of hydrogen-bond acceptors (Lipinski definition) is 2. The van der Waals surface area contributed by atoms with E-state index in [1.807, 2.05) is 18.9 Å². The number of halogens is 1. The average molecular weight is 295 g/mol. The number of hydrogen-bond donors (Lipinski definition) is 0. The highest BCUT2D eigenvalue weighted by Gasteiger charge is 2.31. The summed E-state index contributed by atoms with van der Waals surface area (Å²) in [5.41, 5.74) is 1.74. The van der Waals surface area contributed by atoms with Gasteiger partial charge in [0.2, 0.25) is 0 Å². The number of carbonyl (C=O) groups excluding carboxylic acids is 1. The standard InChI is InChI=1S/C16H23ClN2O/c1-11-9-14(17)13(10-18-11)15(20)19(4)12-5-7-16(2,3)8-6-12/h9-10,12H,5-8H2,1-4H3. The second kappa shape index (κ2) is 5.72. The molecule has 0 unspecified atom stereocenters. The van der Waals surface area contributed by atoms with Crippen LogP contribution in [0.2, 0.25) is 5.02 Å². The Morgan fingerprint density at radius 3 is 2.55 bits per heavy atom. The van der Waals surface area contributed by atoms with E-state index in [4.69, 9.17) is 11.6 Å². The Morgan fingerprint density at radius 1 is 1.40 bits per heavy atom. The van der Waals surface area contributed by atoms with Crippen LogP contribution in [0, 0.1) is 12.3 Å². The van der Waals surface area contributed by atoms with Crippen molar-refractivity contribution >= 4 is 17.5 Å². The Hall–Kier alpha value is -1.09. The molecule has 0 aliphatic heterocycles. The van der Waals surface area contributed by atoms with Gasteiger partial charge in [0.25, 0.3) is 5.91 Å². The second-order valence-electron chi connectivity index (χ2n) is 6.62. The van der Waals surface area contributed by atoms with Gasteiger partial charge in [0.1, 0.15) is 0 Å². The molecule has 3 nitrogen and oxygen atoms in total. The number of pyridine rings is 1. The predicted octanol–water partition coefficient (Wildman–Crippen LogP) is 4.08. The van der Waals surface area contributed by atoms with Crippen LogP contribution < -0.4 is 0 Å². The van der Waals surface area contributed by atoms with Crippen molar-refractivity contribution < 1.29 is 4.79 Å². The van der Waals surface area contributed by atoms with E-state index in [2.05, 4.69) is 18.8 Å². The molecule has 0 radical (unpaired) electrons. The van der Waals surface area contributed by atoms with Crippen LogP contribution in [-0.2, 0) is 0 Å². The first kappa shape index (κ1) is 15.3. The molecule has 1 aliphatic rings. The summed E-state index contributed by atoms with van der Waals surface area (Å²) in [6.07, 6.45) is 6.03. The minimum atomic E-state index is -0.0211. The Kier molecular flexibility index (Phi) is 4.38. The molecule has 0 atom stereocenters. The van der Waals surface area contributed by atoms with Crippen molar-refractivity contribution in [3.05, 3.63) is 28.5 Å². The van der Waals surface area contributed by atoms with Gasteiger partial charge in [0, 0.05) is 25.0 Å². The van der Waals surface area contributed by atoms with E-state index in [0.717, 1.165) is 31.4 Å². The van der Waals surface area contributed by atoms with Crippen LogP contribution in [0.3, 0.4) is 0 Å². The Morgan fingerprint density at radius 2 is 2.00 bits per heavy atom. The lowest BCUT2D eigenvalue weighted by molar-refractivity contribution is 0.0635. The highest BCUT2D eigenvalue weighted by molar-refractivity contribution is 6.33. The summed E-state index contributed by atoms with van der Waals surface area (Å²) in [6, 6.07) is 2.06. The van der Waals surface area contributed by atoms with Crippen molar-refractivity contribution in [2.45, 2.75) is 52.5 Å². The summed E-state index contributed by atoms with van der Waals surface area (Å²) in [6.45, 7) is 6.46. The van der Waals surface area contributed by atoms with Crippen molar-refractivity contribution in [2.24, 2.45) is 5.41 Å². The molecule has 0 bridgehead atoms. The van der Waals surface area contributed by atoms with Gasteiger partial charge in [-0.3, -0.25) is 9.78 Å². The maximum absolute atomic E-state index is 12.5. The zero-order chi connectivity index (χ0) is 14.9. The van der Waals surface area contributed by atoms with E-state index in [-0.39, 0.29) is 5.91 Å². The molecule has 0 spiro atoms. The fourth-order valence-corrected chi connectivity index (χ4v) is 3.10. The molecule has 20 heavy (non-hydrogen) atoms. The van der Waals surface area contributed by atoms with Gasteiger partial charge in [0.05, 0.1) is 10.6 Å². The monoisotopic (exact) mass is 294 g/mol. The van der Waals surface area contributed by atoms with Gasteiger partial charge in [-0.2, -0.15) is 0 Å². The number of aryl methyl sites for hydroxylation is 1. The third-order valence-corrected chi connectivity index (χ3v) is 4.71. The lowest BCUT2D eigenvalue weighted by Gasteiger charge is -2.38. The minimum absolute atomic E-state index is 0.0211.